The van der Waals surface area contributed by atoms with Gasteiger partial charge in [0.25, 0.3) is 0 Å². The van der Waals surface area contributed by atoms with E-state index in [1.54, 1.807) is 0 Å². The minimum atomic E-state index is -0.339. The number of esters is 1. The molecule has 0 bridgehead atoms. The van der Waals surface area contributed by atoms with Gasteiger partial charge in [0.15, 0.2) is 0 Å². The molecule has 1 saturated carbocycles. The summed E-state index contributed by atoms with van der Waals surface area (Å²) in [5.74, 6) is 0.916. The smallest absolute Gasteiger partial charge is 0.317 e. The van der Waals surface area contributed by atoms with Crippen molar-refractivity contribution in [3.05, 3.63) is 23.7 Å². The maximum atomic E-state index is 11.7. The highest BCUT2D eigenvalue weighted by Gasteiger charge is 2.26. The number of carbonyl (C=O) groups is 1. The molecular weight excluding hydrogens is 218 g/mol. The van der Waals surface area contributed by atoms with Gasteiger partial charge in [0.2, 0.25) is 0 Å². The van der Waals surface area contributed by atoms with E-state index in [0.717, 1.165) is 5.76 Å². The molecule has 0 saturated heterocycles. The fraction of sp³-hybridized carbons (Fsp3) is 0.615. The van der Waals surface area contributed by atoms with Crippen LogP contribution in [0, 0.1) is 6.92 Å². The molecule has 1 aromatic rings. The first-order valence-corrected chi connectivity index (χ1v) is 6.08. The lowest BCUT2D eigenvalue weighted by Gasteiger charge is -2.27. The normalized spacial score (nSPS) is 17.5. The Hall–Kier alpha value is -1.29. The number of nitrogens with one attached hydrogen (secondary N) is 1. The Kier molecular flexibility index (Phi) is 3.84. The highest BCUT2D eigenvalue weighted by Crippen LogP contribution is 2.22. The second kappa shape index (κ2) is 5.36. The SMILES string of the molecule is COC(=O)C(CNC1CCC1)c1ccc(C)o1. The highest BCUT2D eigenvalue weighted by atomic mass is 16.5. The van der Waals surface area contributed by atoms with E-state index < -0.39 is 0 Å². The molecular formula is C13H19NO3. The summed E-state index contributed by atoms with van der Waals surface area (Å²) >= 11 is 0. The van der Waals surface area contributed by atoms with Crippen molar-refractivity contribution in [1.82, 2.24) is 5.32 Å². The van der Waals surface area contributed by atoms with Crippen LogP contribution in [0.25, 0.3) is 0 Å². The Balaban J connectivity index is 1.99. The molecule has 0 aliphatic heterocycles. The molecule has 94 valence electrons. The van der Waals surface area contributed by atoms with Gasteiger partial charge in [-0.1, -0.05) is 6.42 Å². The highest BCUT2D eigenvalue weighted by molar-refractivity contribution is 5.77. The zero-order valence-corrected chi connectivity index (χ0v) is 10.4. The van der Waals surface area contributed by atoms with E-state index in [2.05, 4.69) is 5.32 Å². The fourth-order valence-corrected chi connectivity index (χ4v) is 1.98. The van der Waals surface area contributed by atoms with E-state index in [1.165, 1.54) is 26.4 Å². The van der Waals surface area contributed by atoms with Crippen molar-refractivity contribution in [2.75, 3.05) is 13.7 Å². The number of ether oxygens (including phenoxy) is 1. The molecule has 0 aromatic carbocycles. The van der Waals surface area contributed by atoms with Crippen LogP contribution in [-0.2, 0) is 9.53 Å². The molecule has 0 amide bonds. The quantitative estimate of drug-likeness (QED) is 0.796. The van der Waals surface area contributed by atoms with Gasteiger partial charge < -0.3 is 14.5 Å². The minimum absolute atomic E-state index is 0.244. The van der Waals surface area contributed by atoms with Crippen molar-refractivity contribution in [3.63, 3.8) is 0 Å². The summed E-state index contributed by atoms with van der Waals surface area (Å²) in [7, 11) is 1.41. The van der Waals surface area contributed by atoms with E-state index in [9.17, 15) is 4.79 Å². The van der Waals surface area contributed by atoms with Crippen LogP contribution in [0.15, 0.2) is 16.5 Å². The molecule has 1 N–H and O–H groups in total. The molecule has 4 heteroatoms. The van der Waals surface area contributed by atoms with Crippen LogP contribution in [0.5, 0.6) is 0 Å². The number of hydrogen-bond acceptors (Lipinski definition) is 4. The second-order valence-corrected chi connectivity index (χ2v) is 4.56. The van der Waals surface area contributed by atoms with Crippen LogP contribution in [0.3, 0.4) is 0 Å². The van der Waals surface area contributed by atoms with Crippen LogP contribution >= 0.6 is 0 Å². The minimum Gasteiger partial charge on any atom is -0.468 e. The summed E-state index contributed by atoms with van der Waals surface area (Å²) < 4.78 is 10.3. The Morgan fingerprint density at radius 1 is 1.59 bits per heavy atom. The van der Waals surface area contributed by atoms with Gasteiger partial charge in [-0.2, -0.15) is 0 Å². The standard InChI is InChI=1S/C13H19NO3/c1-9-6-7-12(17-9)11(13(15)16-2)8-14-10-4-3-5-10/h6-7,10-11,14H,3-5,8H2,1-2H3. The number of furan rings is 1. The lowest BCUT2D eigenvalue weighted by atomic mass is 9.92. The van der Waals surface area contributed by atoms with Crippen LogP contribution < -0.4 is 5.32 Å². The largest absolute Gasteiger partial charge is 0.468 e. The molecule has 0 spiro atoms. The molecule has 2 rings (SSSR count). The third kappa shape index (κ3) is 2.88. The molecule has 1 heterocycles. The van der Waals surface area contributed by atoms with E-state index in [-0.39, 0.29) is 11.9 Å². The molecule has 1 unspecified atom stereocenters. The molecule has 1 aliphatic carbocycles. The van der Waals surface area contributed by atoms with E-state index in [4.69, 9.17) is 9.15 Å². The van der Waals surface area contributed by atoms with Gasteiger partial charge in [0.1, 0.15) is 17.4 Å². The van der Waals surface area contributed by atoms with Gasteiger partial charge in [-0.05, 0) is 31.9 Å². The first-order valence-electron chi connectivity index (χ1n) is 6.08. The third-order valence-corrected chi connectivity index (χ3v) is 3.31. The van der Waals surface area contributed by atoms with Crippen LogP contribution in [0.2, 0.25) is 0 Å². The van der Waals surface area contributed by atoms with Crippen molar-refractivity contribution in [2.24, 2.45) is 0 Å². The second-order valence-electron chi connectivity index (χ2n) is 4.56. The molecule has 1 atom stereocenters. The maximum absolute atomic E-state index is 11.7. The lowest BCUT2D eigenvalue weighted by molar-refractivity contribution is -0.142. The number of rotatable bonds is 5. The predicted octanol–water partition coefficient (Wildman–Crippen LogP) is 1.99. The number of methoxy groups -OCH3 is 1. The zero-order chi connectivity index (χ0) is 12.3. The summed E-state index contributed by atoms with van der Waals surface area (Å²) in [4.78, 5) is 11.7. The van der Waals surface area contributed by atoms with Crippen molar-refractivity contribution in [2.45, 2.75) is 38.1 Å². The third-order valence-electron chi connectivity index (χ3n) is 3.31. The average Bonchev–Trinajstić information content (AvgIpc) is 2.67. The van der Waals surface area contributed by atoms with Gasteiger partial charge >= 0.3 is 5.97 Å². The van der Waals surface area contributed by atoms with Crippen molar-refractivity contribution >= 4 is 5.97 Å². The topological polar surface area (TPSA) is 51.5 Å². The molecule has 1 aromatic heterocycles. The van der Waals surface area contributed by atoms with Gasteiger partial charge in [-0.25, -0.2) is 0 Å². The first kappa shape index (κ1) is 12.2. The van der Waals surface area contributed by atoms with Crippen LogP contribution in [0.1, 0.15) is 36.7 Å². The maximum Gasteiger partial charge on any atom is 0.317 e. The number of hydrogen-bond donors (Lipinski definition) is 1. The van der Waals surface area contributed by atoms with Gasteiger partial charge in [-0.3, -0.25) is 4.79 Å². The molecule has 17 heavy (non-hydrogen) atoms. The summed E-state index contributed by atoms with van der Waals surface area (Å²) in [6, 6.07) is 4.27. The summed E-state index contributed by atoms with van der Waals surface area (Å²) in [5.41, 5.74) is 0. The average molecular weight is 237 g/mol. The van der Waals surface area contributed by atoms with Crippen molar-refractivity contribution in [3.8, 4) is 0 Å². The Bertz CT molecular complexity index is 382. The zero-order valence-electron chi connectivity index (χ0n) is 10.4. The number of carbonyl (C=O) groups excluding carboxylic acids is 1. The fourth-order valence-electron chi connectivity index (χ4n) is 1.98. The van der Waals surface area contributed by atoms with Crippen LogP contribution in [0.4, 0.5) is 0 Å². The molecule has 1 fully saturated rings. The summed E-state index contributed by atoms with van der Waals surface area (Å²) in [6.07, 6.45) is 3.68. The van der Waals surface area contributed by atoms with Crippen molar-refractivity contribution < 1.29 is 13.9 Å². The van der Waals surface area contributed by atoms with Gasteiger partial charge in [0.05, 0.1) is 7.11 Å². The summed E-state index contributed by atoms with van der Waals surface area (Å²) in [5, 5.41) is 3.38. The van der Waals surface area contributed by atoms with Gasteiger partial charge in [-0.15, -0.1) is 0 Å². The monoisotopic (exact) mass is 237 g/mol. The molecule has 4 nitrogen and oxygen atoms in total. The van der Waals surface area contributed by atoms with E-state index in [0.29, 0.717) is 18.3 Å². The molecule has 0 radical (unpaired) electrons. The van der Waals surface area contributed by atoms with Crippen LogP contribution in [-0.4, -0.2) is 25.7 Å². The lowest BCUT2D eigenvalue weighted by Crippen LogP contribution is -2.39. The number of aryl methyl sites for hydroxylation is 1. The Morgan fingerprint density at radius 3 is 2.82 bits per heavy atom. The van der Waals surface area contributed by atoms with Crippen molar-refractivity contribution in [1.29, 1.82) is 0 Å². The summed E-state index contributed by atoms with van der Waals surface area (Å²) in [6.45, 7) is 2.46. The Labute approximate surface area is 101 Å². The van der Waals surface area contributed by atoms with E-state index in [1.807, 2.05) is 19.1 Å². The molecule has 1 aliphatic rings. The van der Waals surface area contributed by atoms with Gasteiger partial charge in [0, 0.05) is 12.6 Å². The first-order chi connectivity index (χ1) is 8.20. The predicted molar refractivity (Wildman–Crippen MR) is 63.8 cm³/mol. The van der Waals surface area contributed by atoms with E-state index >= 15 is 0 Å². The Morgan fingerprint density at radius 2 is 2.35 bits per heavy atom.